The molecule has 3 aromatic rings. The van der Waals surface area contributed by atoms with Gasteiger partial charge in [0.05, 0.1) is 16.4 Å². The van der Waals surface area contributed by atoms with Crippen molar-refractivity contribution in [3.63, 3.8) is 0 Å². The summed E-state index contributed by atoms with van der Waals surface area (Å²) in [4.78, 5) is 12.8. The van der Waals surface area contributed by atoms with Gasteiger partial charge in [-0.2, -0.15) is 5.10 Å². The predicted octanol–water partition coefficient (Wildman–Crippen LogP) is 4.28. The van der Waals surface area contributed by atoms with E-state index in [9.17, 15) is 22.4 Å². The normalized spacial score (nSPS) is 18.6. The molecule has 2 atom stereocenters. The van der Waals surface area contributed by atoms with Gasteiger partial charge in [-0.1, -0.05) is 6.07 Å². The average Bonchev–Trinajstić information content (AvgIpc) is 3.08. The molecule has 10 heteroatoms. The highest BCUT2D eigenvalue weighted by molar-refractivity contribution is 9.10. The Hall–Kier alpha value is -2.72. The van der Waals surface area contributed by atoms with Crippen LogP contribution in [0.3, 0.4) is 0 Å². The van der Waals surface area contributed by atoms with Crippen LogP contribution in [0.25, 0.3) is 11.3 Å². The first-order chi connectivity index (χ1) is 15.3. The van der Waals surface area contributed by atoms with Crippen LogP contribution in [0.1, 0.15) is 28.3 Å². The number of amides is 1. The van der Waals surface area contributed by atoms with E-state index in [0.29, 0.717) is 35.2 Å². The number of nitrogens with zero attached hydrogens (tertiary/aromatic N) is 2. The number of aryl methyl sites for hydroxylation is 1. The van der Waals surface area contributed by atoms with Crippen LogP contribution >= 0.6 is 15.9 Å². The van der Waals surface area contributed by atoms with Crippen LogP contribution in [0, 0.1) is 23.3 Å². The van der Waals surface area contributed by atoms with Crippen molar-refractivity contribution in [2.75, 3.05) is 13.1 Å². The van der Waals surface area contributed by atoms with Gasteiger partial charge in [0, 0.05) is 31.1 Å². The minimum atomic E-state index is -1.02. The van der Waals surface area contributed by atoms with Gasteiger partial charge in [0.2, 0.25) is 0 Å². The maximum absolute atomic E-state index is 14.8. The van der Waals surface area contributed by atoms with Gasteiger partial charge in [0.15, 0.2) is 11.6 Å². The molecule has 1 aromatic heterocycles. The molecular weight excluding hydrogens is 492 g/mol. The summed E-state index contributed by atoms with van der Waals surface area (Å²) in [5, 5.41) is 9.78. The highest BCUT2D eigenvalue weighted by Gasteiger charge is 2.30. The van der Waals surface area contributed by atoms with Crippen LogP contribution in [-0.4, -0.2) is 34.8 Å². The number of benzene rings is 2. The average molecular weight is 511 g/mol. The van der Waals surface area contributed by atoms with E-state index < -0.39 is 40.8 Å². The number of carbonyl (C=O) groups excluding carboxylic acids is 1. The minimum Gasteiger partial charge on any atom is -0.347 e. The highest BCUT2D eigenvalue weighted by Crippen LogP contribution is 2.31. The molecule has 2 heterocycles. The molecule has 1 aliphatic heterocycles. The van der Waals surface area contributed by atoms with Gasteiger partial charge < -0.3 is 10.6 Å². The van der Waals surface area contributed by atoms with Crippen molar-refractivity contribution < 1.29 is 22.4 Å². The monoisotopic (exact) mass is 510 g/mol. The van der Waals surface area contributed by atoms with Crippen LogP contribution in [-0.2, 0) is 7.05 Å². The van der Waals surface area contributed by atoms with Gasteiger partial charge >= 0.3 is 0 Å². The second-order valence-electron chi connectivity index (χ2n) is 7.63. The Balaban J connectivity index is 1.60. The Bertz CT molecular complexity index is 1140. The summed E-state index contributed by atoms with van der Waals surface area (Å²) in [5.41, 5.74) is 0.488. The third-order valence-electron chi connectivity index (χ3n) is 5.61. The first-order valence-electron chi connectivity index (χ1n) is 9.89. The minimum absolute atomic E-state index is 0.224. The molecular formula is C22H19BrF4N4O. The van der Waals surface area contributed by atoms with E-state index in [0.717, 1.165) is 24.3 Å². The summed E-state index contributed by atoms with van der Waals surface area (Å²) < 4.78 is 58.7. The summed E-state index contributed by atoms with van der Waals surface area (Å²) in [5.74, 6) is -5.24. The fraction of sp³-hybridized carbons (Fsp3) is 0.273. The summed E-state index contributed by atoms with van der Waals surface area (Å²) in [6.45, 7) is 0.922. The zero-order valence-corrected chi connectivity index (χ0v) is 18.5. The van der Waals surface area contributed by atoms with Crippen LogP contribution in [0.2, 0.25) is 0 Å². The van der Waals surface area contributed by atoms with E-state index in [2.05, 4.69) is 31.7 Å². The van der Waals surface area contributed by atoms with Crippen molar-refractivity contribution in [1.29, 1.82) is 0 Å². The van der Waals surface area contributed by atoms with Crippen LogP contribution in [0.15, 0.2) is 41.0 Å². The predicted molar refractivity (Wildman–Crippen MR) is 114 cm³/mol. The van der Waals surface area contributed by atoms with Crippen molar-refractivity contribution in [1.82, 2.24) is 20.4 Å². The van der Waals surface area contributed by atoms with Crippen molar-refractivity contribution in [3.05, 3.63) is 75.4 Å². The van der Waals surface area contributed by atoms with Gasteiger partial charge in [-0.25, -0.2) is 17.6 Å². The number of hydrogen-bond acceptors (Lipinski definition) is 3. The first kappa shape index (κ1) is 22.5. The lowest BCUT2D eigenvalue weighted by Gasteiger charge is -2.33. The molecule has 0 bridgehead atoms. The summed E-state index contributed by atoms with van der Waals surface area (Å²) in [6.07, 6.45) is 2.04. The molecule has 5 nitrogen and oxygen atoms in total. The van der Waals surface area contributed by atoms with Crippen LogP contribution in [0.4, 0.5) is 17.6 Å². The lowest BCUT2D eigenvalue weighted by molar-refractivity contribution is 0.0916. The number of aromatic nitrogens is 2. The van der Waals surface area contributed by atoms with Crippen molar-refractivity contribution >= 4 is 21.8 Å². The van der Waals surface area contributed by atoms with Gasteiger partial charge in [-0.05, 0) is 58.7 Å². The van der Waals surface area contributed by atoms with E-state index in [4.69, 9.17) is 0 Å². The molecule has 0 spiro atoms. The van der Waals surface area contributed by atoms with Gasteiger partial charge in [-0.15, -0.1) is 0 Å². The lowest BCUT2D eigenvalue weighted by atomic mass is 9.85. The zero-order valence-electron chi connectivity index (χ0n) is 16.9. The molecule has 32 heavy (non-hydrogen) atoms. The summed E-state index contributed by atoms with van der Waals surface area (Å²) in [7, 11) is 1.63. The number of halogens is 5. The van der Waals surface area contributed by atoms with Crippen molar-refractivity contribution in [2.45, 2.75) is 18.4 Å². The molecule has 0 unspecified atom stereocenters. The van der Waals surface area contributed by atoms with Gasteiger partial charge in [-0.3, -0.25) is 9.48 Å². The molecule has 0 radical (unpaired) electrons. The van der Waals surface area contributed by atoms with Crippen LogP contribution < -0.4 is 10.6 Å². The smallest absolute Gasteiger partial charge is 0.257 e. The Labute approximate surface area is 189 Å². The van der Waals surface area contributed by atoms with Crippen LogP contribution in [0.5, 0.6) is 0 Å². The number of carbonyl (C=O) groups is 1. The summed E-state index contributed by atoms with van der Waals surface area (Å²) in [6, 6.07) is 5.16. The molecule has 1 fully saturated rings. The standard InChI is InChI=1S/C22H19BrF4N4O/c1-31-21(14(23)9-29-31)12-7-17(26)20(18(27)8-12)22(32)30-19-10-28-5-4-13(19)11-2-3-15(24)16(25)6-11/h2-3,6-9,13,19,28H,4-5,10H2,1H3,(H,30,32)/t13-,19+/m0/s1. The third kappa shape index (κ3) is 4.29. The zero-order chi connectivity index (χ0) is 23.0. The molecule has 1 aliphatic rings. The Morgan fingerprint density at radius 1 is 1.12 bits per heavy atom. The highest BCUT2D eigenvalue weighted by atomic mass is 79.9. The largest absolute Gasteiger partial charge is 0.347 e. The quantitative estimate of drug-likeness (QED) is 0.515. The molecule has 2 aromatic carbocycles. The SMILES string of the molecule is Cn1ncc(Br)c1-c1cc(F)c(C(=O)N[C@@H]2CNCC[C@H]2c2ccc(F)c(F)c2)c(F)c1. The fourth-order valence-corrected chi connectivity index (χ4v) is 4.63. The van der Waals surface area contributed by atoms with E-state index in [1.807, 2.05) is 0 Å². The molecule has 4 rings (SSSR count). The van der Waals surface area contributed by atoms with E-state index in [1.54, 1.807) is 7.05 Å². The molecule has 168 valence electrons. The summed E-state index contributed by atoms with van der Waals surface area (Å²) >= 11 is 3.29. The Morgan fingerprint density at radius 3 is 2.47 bits per heavy atom. The molecule has 0 aliphatic carbocycles. The molecule has 1 saturated heterocycles. The van der Waals surface area contributed by atoms with Gasteiger partial charge in [0.1, 0.15) is 17.2 Å². The molecule has 0 saturated carbocycles. The second kappa shape index (κ2) is 9.03. The second-order valence-corrected chi connectivity index (χ2v) is 8.49. The fourth-order valence-electron chi connectivity index (χ4n) is 4.05. The Kier molecular flexibility index (Phi) is 6.34. The number of piperidine rings is 1. The van der Waals surface area contributed by atoms with Crippen molar-refractivity contribution in [3.8, 4) is 11.3 Å². The Morgan fingerprint density at radius 2 is 1.84 bits per heavy atom. The number of nitrogens with one attached hydrogen (secondary N) is 2. The van der Waals surface area contributed by atoms with E-state index in [-0.39, 0.29) is 11.5 Å². The van der Waals surface area contributed by atoms with Crippen molar-refractivity contribution in [2.24, 2.45) is 7.05 Å². The molecule has 2 N–H and O–H groups in total. The number of hydrogen-bond donors (Lipinski definition) is 2. The topological polar surface area (TPSA) is 59.0 Å². The maximum Gasteiger partial charge on any atom is 0.257 e. The van der Waals surface area contributed by atoms with E-state index in [1.165, 1.54) is 16.9 Å². The van der Waals surface area contributed by atoms with Gasteiger partial charge in [0.25, 0.3) is 5.91 Å². The third-order valence-corrected chi connectivity index (χ3v) is 6.19. The number of rotatable bonds is 4. The first-order valence-corrected chi connectivity index (χ1v) is 10.7. The van der Waals surface area contributed by atoms with E-state index >= 15 is 0 Å². The molecule has 1 amide bonds. The maximum atomic E-state index is 14.8. The lowest BCUT2D eigenvalue weighted by Crippen LogP contribution is -2.50.